The second-order valence-corrected chi connectivity index (χ2v) is 9.38. The van der Waals surface area contributed by atoms with Crippen molar-refractivity contribution >= 4 is 43.0 Å². The van der Waals surface area contributed by atoms with E-state index in [1.165, 1.54) is 77.0 Å². The first kappa shape index (κ1) is 31.1. The Balaban J connectivity index is 3.66. The number of primary amides is 1. The van der Waals surface area contributed by atoms with E-state index in [-0.39, 0.29) is 17.4 Å². The van der Waals surface area contributed by atoms with E-state index in [2.05, 4.69) is 42.8 Å². The van der Waals surface area contributed by atoms with Crippen LogP contribution in [0.15, 0.2) is 0 Å². The SMILES string of the molecule is CCCCCCCCCCCCCCCCCC(=O)N[C@@H](CS)C(=O)N[C@@H](CS)C(N)=O. The second-order valence-electron chi connectivity index (χ2n) is 8.65. The fourth-order valence-corrected chi connectivity index (χ4v) is 4.12. The molecule has 0 radical (unpaired) electrons. The number of nitrogens with two attached hydrogens (primary N) is 1. The third-order valence-electron chi connectivity index (χ3n) is 5.68. The largest absolute Gasteiger partial charge is 0.368 e. The highest BCUT2D eigenvalue weighted by molar-refractivity contribution is 7.80. The van der Waals surface area contributed by atoms with Gasteiger partial charge in [-0.1, -0.05) is 96.8 Å². The van der Waals surface area contributed by atoms with Crippen molar-refractivity contribution in [1.82, 2.24) is 10.6 Å². The molecule has 0 bridgehead atoms. The number of hydrogen-bond donors (Lipinski definition) is 5. The number of hydrogen-bond acceptors (Lipinski definition) is 5. The molecule has 8 heteroatoms. The summed E-state index contributed by atoms with van der Waals surface area (Å²) >= 11 is 8.12. The standard InChI is InChI=1S/C24H47N3O3S2/c1-2-3-4-5-6-7-8-9-10-11-12-13-14-15-16-17-22(28)26-21(19-32)24(30)27-20(18-31)23(25)29/h20-21,31-32H,2-19H2,1H3,(H2,25,29)(H,26,28)(H,27,30)/t20-,21-/m0/s1. The first-order valence-corrected chi connectivity index (χ1v) is 13.8. The zero-order valence-corrected chi connectivity index (χ0v) is 21.9. The highest BCUT2D eigenvalue weighted by Gasteiger charge is 2.23. The Morgan fingerprint density at radius 1 is 0.656 bits per heavy atom. The summed E-state index contributed by atoms with van der Waals surface area (Å²) in [6.45, 7) is 2.26. The topological polar surface area (TPSA) is 101 Å². The summed E-state index contributed by atoms with van der Waals surface area (Å²) in [6, 6.07) is -1.65. The van der Waals surface area contributed by atoms with Crippen molar-refractivity contribution in [1.29, 1.82) is 0 Å². The molecule has 0 aromatic heterocycles. The van der Waals surface area contributed by atoms with Crippen LogP contribution in [0.2, 0.25) is 0 Å². The maximum Gasteiger partial charge on any atom is 0.244 e. The maximum absolute atomic E-state index is 12.2. The average Bonchev–Trinajstić information content (AvgIpc) is 2.77. The van der Waals surface area contributed by atoms with Crippen LogP contribution in [-0.4, -0.2) is 41.3 Å². The van der Waals surface area contributed by atoms with Crippen LogP contribution >= 0.6 is 25.3 Å². The normalized spacial score (nSPS) is 12.8. The molecule has 0 fully saturated rings. The molecule has 0 aliphatic heterocycles. The van der Waals surface area contributed by atoms with E-state index in [0.717, 1.165) is 19.3 Å². The van der Waals surface area contributed by atoms with Gasteiger partial charge < -0.3 is 16.4 Å². The lowest BCUT2D eigenvalue weighted by atomic mass is 10.0. The van der Waals surface area contributed by atoms with Crippen molar-refractivity contribution in [2.45, 2.75) is 122 Å². The predicted octanol–water partition coefficient (Wildman–Crippen LogP) is 4.56. The molecule has 0 rings (SSSR count). The fourth-order valence-electron chi connectivity index (χ4n) is 3.60. The van der Waals surface area contributed by atoms with Gasteiger partial charge in [-0.2, -0.15) is 25.3 Å². The van der Waals surface area contributed by atoms with Gasteiger partial charge in [0.1, 0.15) is 12.1 Å². The van der Waals surface area contributed by atoms with E-state index in [4.69, 9.17) is 5.73 Å². The Labute approximate surface area is 206 Å². The van der Waals surface area contributed by atoms with Gasteiger partial charge in [0.2, 0.25) is 17.7 Å². The molecule has 0 aliphatic carbocycles. The molecule has 0 unspecified atom stereocenters. The molecule has 0 saturated heterocycles. The summed E-state index contributed by atoms with van der Waals surface area (Å²) < 4.78 is 0. The molecule has 0 aromatic carbocycles. The van der Waals surface area contributed by atoms with Crippen LogP contribution in [-0.2, 0) is 14.4 Å². The fraction of sp³-hybridized carbons (Fsp3) is 0.875. The van der Waals surface area contributed by atoms with Crippen molar-refractivity contribution < 1.29 is 14.4 Å². The van der Waals surface area contributed by atoms with Crippen LogP contribution in [0.3, 0.4) is 0 Å². The van der Waals surface area contributed by atoms with Gasteiger partial charge in [0, 0.05) is 17.9 Å². The van der Waals surface area contributed by atoms with Crippen LogP contribution in [0.1, 0.15) is 110 Å². The Morgan fingerprint density at radius 3 is 1.44 bits per heavy atom. The first-order chi connectivity index (χ1) is 15.5. The van der Waals surface area contributed by atoms with Crippen molar-refractivity contribution in [3.8, 4) is 0 Å². The number of unbranched alkanes of at least 4 members (excludes halogenated alkanes) is 14. The highest BCUT2D eigenvalue weighted by Crippen LogP contribution is 2.13. The lowest BCUT2D eigenvalue weighted by Crippen LogP contribution is -2.54. The Kier molecular flexibility index (Phi) is 21.3. The van der Waals surface area contributed by atoms with Crippen molar-refractivity contribution in [3.63, 3.8) is 0 Å². The molecule has 0 spiro atoms. The van der Waals surface area contributed by atoms with Gasteiger partial charge in [-0.05, 0) is 6.42 Å². The first-order valence-electron chi connectivity index (χ1n) is 12.6. The molecule has 188 valence electrons. The van der Waals surface area contributed by atoms with Crippen LogP contribution in [0.4, 0.5) is 0 Å². The minimum absolute atomic E-state index is 0.105. The summed E-state index contributed by atoms with van der Waals surface area (Å²) in [7, 11) is 0. The Morgan fingerprint density at radius 2 is 1.06 bits per heavy atom. The Bertz CT molecular complexity index is 507. The summed E-state index contributed by atoms with van der Waals surface area (Å²) in [5.41, 5.74) is 5.20. The monoisotopic (exact) mass is 489 g/mol. The molecule has 6 nitrogen and oxygen atoms in total. The minimum atomic E-state index is -0.860. The van der Waals surface area contributed by atoms with Gasteiger partial charge in [0.05, 0.1) is 0 Å². The van der Waals surface area contributed by atoms with Crippen molar-refractivity contribution in [2.75, 3.05) is 11.5 Å². The average molecular weight is 490 g/mol. The van der Waals surface area contributed by atoms with Gasteiger partial charge in [0.25, 0.3) is 0 Å². The van der Waals surface area contributed by atoms with Crippen LogP contribution in [0, 0.1) is 0 Å². The maximum atomic E-state index is 12.2. The number of thiol groups is 2. The van der Waals surface area contributed by atoms with E-state index < -0.39 is 23.9 Å². The van der Waals surface area contributed by atoms with E-state index in [1.54, 1.807) is 0 Å². The van der Waals surface area contributed by atoms with Crippen molar-refractivity contribution in [2.24, 2.45) is 5.73 Å². The zero-order chi connectivity index (χ0) is 24.0. The van der Waals surface area contributed by atoms with Crippen LogP contribution < -0.4 is 16.4 Å². The summed E-state index contributed by atoms with van der Waals surface area (Å²) in [6.07, 6.45) is 19.6. The molecule has 32 heavy (non-hydrogen) atoms. The van der Waals surface area contributed by atoms with Gasteiger partial charge in [-0.3, -0.25) is 14.4 Å². The molecule has 4 N–H and O–H groups in total. The van der Waals surface area contributed by atoms with E-state index >= 15 is 0 Å². The van der Waals surface area contributed by atoms with Crippen molar-refractivity contribution in [3.05, 3.63) is 0 Å². The Hall–Kier alpha value is -0.890. The minimum Gasteiger partial charge on any atom is -0.368 e. The zero-order valence-electron chi connectivity index (χ0n) is 20.1. The van der Waals surface area contributed by atoms with Gasteiger partial charge in [-0.25, -0.2) is 0 Å². The summed E-state index contributed by atoms with van der Waals surface area (Å²) in [4.78, 5) is 35.5. The smallest absolute Gasteiger partial charge is 0.244 e. The molecule has 0 heterocycles. The quantitative estimate of drug-likeness (QED) is 0.114. The number of carbonyl (C=O) groups is 3. The number of nitrogens with one attached hydrogen (secondary N) is 2. The van der Waals surface area contributed by atoms with E-state index in [9.17, 15) is 14.4 Å². The van der Waals surface area contributed by atoms with E-state index in [0.29, 0.717) is 6.42 Å². The van der Waals surface area contributed by atoms with Gasteiger partial charge >= 0.3 is 0 Å². The number of carbonyl (C=O) groups excluding carboxylic acids is 3. The van der Waals surface area contributed by atoms with Gasteiger partial charge in [-0.15, -0.1) is 0 Å². The molecule has 3 amide bonds. The summed E-state index contributed by atoms with van der Waals surface area (Å²) in [5.74, 6) is -1.05. The molecular formula is C24H47N3O3S2. The molecule has 0 aliphatic rings. The lowest BCUT2D eigenvalue weighted by Gasteiger charge is -2.19. The second kappa shape index (κ2) is 21.9. The predicted molar refractivity (Wildman–Crippen MR) is 140 cm³/mol. The van der Waals surface area contributed by atoms with Crippen LogP contribution in [0.5, 0.6) is 0 Å². The number of amides is 3. The van der Waals surface area contributed by atoms with Gasteiger partial charge in [0.15, 0.2) is 0 Å². The van der Waals surface area contributed by atoms with E-state index in [1.807, 2.05) is 0 Å². The molecular weight excluding hydrogens is 442 g/mol. The summed E-state index contributed by atoms with van der Waals surface area (Å²) in [5, 5.41) is 5.17. The van der Waals surface area contributed by atoms with Crippen LogP contribution in [0.25, 0.3) is 0 Å². The highest BCUT2D eigenvalue weighted by atomic mass is 32.1. The lowest BCUT2D eigenvalue weighted by molar-refractivity contribution is -0.130. The molecule has 0 saturated carbocycles. The third kappa shape index (κ3) is 17.6. The number of rotatable bonds is 22. The molecule has 2 atom stereocenters. The third-order valence-corrected chi connectivity index (χ3v) is 6.41. The molecule has 0 aromatic rings.